The molecule has 1 aromatic heterocycles. The first-order valence-corrected chi connectivity index (χ1v) is 10.2. The summed E-state index contributed by atoms with van der Waals surface area (Å²) >= 11 is 0. The zero-order valence-corrected chi connectivity index (χ0v) is 16.4. The Labute approximate surface area is 149 Å². The number of aromatic nitrogens is 1. The van der Waals surface area contributed by atoms with Crippen molar-refractivity contribution in [1.29, 1.82) is 0 Å². The number of carbonyl (C=O) groups is 1. The average Bonchev–Trinajstić information content (AvgIpc) is 3.04. The first-order chi connectivity index (χ1) is 11.5. The highest BCUT2D eigenvalue weighted by atomic mass is 32.2. The summed E-state index contributed by atoms with van der Waals surface area (Å²) < 4.78 is 34.6. The summed E-state index contributed by atoms with van der Waals surface area (Å²) in [5.74, 6) is -0.451. The maximum atomic E-state index is 12.9. The van der Waals surface area contributed by atoms with Crippen LogP contribution in [0, 0.1) is 0 Å². The van der Waals surface area contributed by atoms with Gasteiger partial charge in [-0.2, -0.15) is 0 Å². The molecule has 0 aromatic carbocycles. The Morgan fingerprint density at radius 3 is 2.44 bits per heavy atom. The largest absolute Gasteiger partial charge is 0.381 e. The Kier molecular flexibility index (Phi) is 5.63. The van der Waals surface area contributed by atoms with E-state index in [1.807, 2.05) is 20.8 Å². The summed E-state index contributed by atoms with van der Waals surface area (Å²) in [6.45, 7) is 9.75. The second-order valence-electron chi connectivity index (χ2n) is 7.64. The molecule has 0 aliphatic carbocycles. The van der Waals surface area contributed by atoms with Crippen molar-refractivity contribution in [3.05, 3.63) is 11.8 Å². The van der Waals surface area contributed by atoms with Crippen LogP contribution < -0.4 is 5.32 Å². The summed E-state index contributed by atoms with van der Waals surface area (Å²) in [7, 11) is -3.66. The number of amides is 1. The van der Waals surface area contributed by atoms with Crippen molar-refractivity contribution in [3.8, 4) is 0 Å². The van der Waals surface area contributed by atoms with E-state index >= 15 is 0 Å². The number of anilines is 1. The van der Waals surface area contributed by atoms with Crippen LogP contribution in [0.2, 0.25) is 0 Å². The number of carbonyl (C=O) groups excluding carboxylic acids is 1. The molecule has 1 N–H and O–H groups in total. The Balaban J connectivity index is 2.16. The van der Waals surface area contributed by atoms with Gasteiger partial charge in [0, 0.05) is 24.7 Å². The van der Waals surface area contributed by atoms with Crippen LogP contribution in [0.3, 0.4) is 0 Å². The monoisotopic (exact) mass is 372 g/mol. The van der Waals surface area contributed by atoms with E-state index in [0.717, 1.165) is 12.1 Å². The summed E-state index contributed by atoms with van der Waals surface area (Å²) in [6, 6.07) is 1.65. The first kappa shape index (κ1) is 19.9. The normalized spacial score (nSPS) is 17.5. The molecule has 0 radical (unpaired) electrons. The van der Waals surface area contributed by atoms with Gasteiger partial charge >= 0.3 is 0 Å². The van der Waals surface area contributed by atoms with Crippen LogP contribution in [0.25, 0.3) is 0 Å². The van der Waals surface area contributed by atoms with E-state index in [9.17, 15) is 13.2 Å². The maximum absolute atomic E-state index is 12.9. The SMILES string of the molecule is CCC(C)(C)c1cc(NC(=O)C(C)(C)S(=O)(=O)C2CCOCC2)on1. The smallest absolute Gasteiger partial charge is 0.247 e. The molecule has 8 heteroatoms. The zero-order valence-electron chi connectivity index (χ0n) is 15.6. The van der Waals surface area contributed by atoms with Crippen molar-refractivity contribution in [2.45, 2.75) is 69.3 Å². The van der Waals surface area contributed by atoms with Gasteiger partial charge in [0.15, 0.2) is 9.84 Å². The lowest BCUT2D eigenvalue weighted by molar-refractivity contribution is -0.118. The average molecular weight is 372 g/mol. The maximum Gasteiger partial charge on any atom is 0.247 e. The quantitative estimate of drug-likeness (QED) is 0.824. The van der Waals surface area contributed by atoms with Crippen LogP contribution >= 0.6 is 0 Å². The van der Waals surface area contributed by atoms with Gasteiger partial charge in [0.2, 0.25) is 11.8 Å². The molecule has 1 aliphatic heterocycles. The molecule has 0 unspecified atom stereocenters. The predicted molar refractivity (Wildman–Crippen MR) is 95.3 cm³/mol. The minimum absolute atomic E-state index is 0.164. The van der Waals surface area contributed by atoms with Gasteiger partial charge in [0.05, 0.1) is 10.9 Å². The highest BCUT2D eigenvalue weighted by Gasteiger charge is 2.47. The van der Waals surface area contributed by atoms with E-state index in [1.54, 1.807) is 6.07 Å². The number of ether oxygens (including phenoxy) is 1. The highest BCUT2D eigenvalue weighted by molar-refractivity contribution is 7.94. The van der Waals surface area contributed by atoms with Gasteiger partial charge in [-0.3, -0.25) is 10.1 Å². The Hall–Kier alpha value is -1.41. The lowest BCUT2D eigenvalue weighted by Crippen LogP contribution is -2.50. The molecule has 25 heavy (non-hydrogen) atoms. The molecule has 2 heterocycles. The van der Waals surface area contributed by atoms with Crippen LogP contribution in [-0.2, 0) is 24.8 Å². The molecule has 1 amide bonds. The van der Waals surface area contributed by atoms with Gasteiger partial charge in [-0.05, 0) is 33.1 Å². The summed E-state index contributed by atoms with van der Waals surface area (Å²) in [4.78, 5) is 12.6. The van der Waals surface area contributed by atoms with Gasteiger partial charge < -0.3 is 9.26 Å². The van der Waals surface area contributed by atoms with Crippen LogP contribution in [-0.4, -0.2) is 42.7 Å². The lowest BCUT2D eigenvalue weighted by atomic mass is 9.87. The first-order valence-electron chi connectivity index (χ1n) is 8.62. The van der Waals surface area contributed by atoms with Crippen molar-refractivity contribution in [2.75, 3.05) is 18.5 Å². The zero-order chi connectivity index (χ0) is 18.9. The third kappa shape index (κ3) is 3.89. The molecule has 0 bridgehead atoms. The van der Waals surface area contributed by atoms with Crippen molar-refractivity contribution in [2.24, 2.45) is 0 Å². The molecule has 1 aromatic rings. The van der Waals surface area contributed by atoms with Gasteiger partial charge in [0.1, 0.15) is 4.75 Å². The van der Waals surface area contributed by atoms with E-state index < -0.39 is 25.7 Å². The van der Waals surface area contributed by atoms with E-state index in [2.05, 4.69) is 10.5 Å². The molecule has 0 atom stereocenters. The fourth-order valence-corrected chi connectivity index (χ4v) is 4.58. The molecule has 142 valence electrons. The number of sulfone groups is 1. The molecule has 1 aliphatic rings. The number of nitrogens with zero attached hydrogens (tertiary/aromatic N) is 1. The van der Waals surface area contributed by atoms with Crippen molar-refractivity contribution in [3.63, 3.8) is 0 Å². The van der Waals surface area contributed by atoms with E-state index in [0.29, 0.717) is 26.1 Å². The third-order valence-corrected chi connectivity index (χ3v) is 8.15. The Morgan fingerprint density at radius 2 is 1.88 bits per heavy atom. The van der Waals surface area contributed by atoms with Gasteiger partial charge in [0.25, 0.3) is 0 Å². The topological polar surface area (TPSA) is 98.5 Å². The fraction of sp³-hybridized carbons (Fsp3) is 0.765. The molecule has 1 fully saturated rings. The van der Waals surface area contributed by atoms with E-state index in [4.69, 9.17) is 9.26 Å². The minimum atomic E-state index is -3.66. The number of hydrogen-bond acceptors (Lipinski definition) is 6. The van der Waals surface area contributed by atoms with Crippen LogP contribution in [0.1, 0.15) is 59.6 Å². The van der Waals surface area contributed by atoms with Crippen LogP contribution in [0.4, 0.5) is 5.88 Å². The van der Waals surface area contributed by atoms with Crippen molar-refractivity contribution in [1.82, 2.24) is 5.16 Å². The number of nitrogens with one attached hydrogen (secondary N) is 1. The third-order valence-electron chi connectivity index (χ3n) is 5.19. The molecular weight excluding hydrogens is 344 g/mol. The van der Waals surface area contributed by atoms with Crippen LogP contribution in [0.5, 0.6) is 0 Å². The van der Waals surface area contributed by atoms with Gasteiger partial charge in [-0.1, -0.05) is 25.9 Å². The minimum Gasteiger partial charge on any atom is -0.381 e. The van der Waals surface area contributed by atoms with Crippen molar-refractivity contribution < 1.29 is 22.5 Å². The Morgan fingerprint density at radius 1 is 1.28 bits per heavy atom. The van der Waals surface area contributed by atoms with E-state index in [1.165, 1.54) is 13.8 Å². The van der Waals surface area contributed by atoms with Gasteiger partial charge in [-0.15, -0.1) is 0 Å². The predicted octanol–water partition coefficient (Wildman–Crippen LogP) is 2.67. The highest BCUT2D eigenvalue weighted by Crippen LogP contribution is 2.30. The van der Waals surface area contributed by atoms with Crippen molar-refractivity contribution >= 4 is 21.6 Å². The second-order valence-corrected chi connectivity index (χ2v) is 10.4. The lowest BCUT2D eigenvalue weighted by Gasteiger charge is -2.30. The van der Waals surface area contributed by atoms with E-state index in [-0.39, 0.29) is 11.3 Å². The van der Waals surface area contributed by atoms with Gasteiger partial charge in [-0.25, -0.2) is 8.42 Å². The number of rotatable bonds is 6. The second kappa shape index (κ2) is 7.07. The summed E-state index contributed by atoms with van der Waals surface area (Å²) in [6.07, 6.45) is 1.68. The molecular formula is C17H28N2O5S. The molecule has 7 nitrogen and oxygen atoms in total. The fourth-order valence-electron chi connectivity index (χ4n) is 2.63. The molecule has 0 saturated carbocycles. The van der Waals surface area contributed by atoms with Crippen LogP contribution in [0.15, 0.2) is 10.6 Å². The molecule has 0 spiro atoms. The Bertz CT molecular complexity index is 715. The summed E-state index contributed by atoms with van der Waals surface area (Å²) in [5.41, 5.74) is 0.534. The standard InChI is InChI=1S/C17H28N2O5S/c1-6-16(2,3)13-11-14(24-19-13)18-15(20)17(4,5)25(21,22)12-7-9-23-10-8-12/h11-12H,6-10H2,1-5H3,(H,18,20). The molecule has 2 rings (SSSR count). The number of hydrogen-bond donors (Lipinski definition) is 1. The molecule has 1 saturated heterocycles. The summed E-state index contributed by atoms with van der Waals surface area (Å²) in [5, 5.41) is 5.99.